The number of benzene rings is 2. The number of likely N-dealkylation sites (N-methyl/N-ethyl adjacent to an activating group) is 1. The zero-order valence-electron chi connectivity index (χ0n) is 18.9. The van der Waals surface area contributed by atoms with Gasteiger partial charge in [-0.25, -0.2) is 0 Å². The molecule has 2 rings (SSSR count). The highest BCUT2D eigenvalue weighted by atomic mass is 16.5. The van der Waals surface area contributed by atoms with Crippen molar-refractivity contribution in [1.82, 2.24) is 10.2 Å². The van der Waals surface area contributed by atoms with Crippen molar-refractivity contribution in [1.29, 1.82) is 0 Å². The van der Waals surface area contributed by atoms with Gasteiger partial charge in [-0.05, 0) is 25.8 Å². The Hall–Kier alpha value is -3.22. The zero-order valence-corrected chi connectivity index (χ0v) is 18.9. The van der Waals surface area contributed by atoms with Crippen LogP contribution in [0.15, 0.2) is 42.5 Å². The van der Waals surface area contributed by atoms with Crippen molar-refractivity contribution in [2.24, 2.45) is 0 Å². The van der Waals surface area contributed by atoms with E-state index in [9.17, 15) is 9.59 Å². The third-order valence-corrected chi connectivity index (χ3v) is 4.86. The number of nitrogens with one attached hydrogen (secondary N) is 1. The Bertz CT molecular complexity index is 862. The molecular weight excluding hydrogens is 396 g/mol. The van der Waals surface area contributed by atoms with Crippen molar-refractivity contribution in [2.45, 2.75) is 39.8 Å². The van der Waals surface area contributed by atoms with Gasteiger partial charge in [-0.1, -0.05) is 36.8 Å². The van der Waals surface area contributed by atoms with E-state index in [0.717, 1.165) is 11.1 Å². The second kappa shape index (κ2) is 11.8. The quantitative estimate of drug-likeness (QED) is 0.594. The smallest absolute Gasteiger partial charge is 0.261 e. The minimum Gasteiger partial charge on any atom is -0.496 e. The van der Waals surface area contributed by atoms with Gasteiger partial charge in [-0.3, -0.25) is 9.59 Å². The van der Waals surface area contributed by atoms with E-state index in [1.54, 1.807) is 37.3 Å². The molecule has 168 valence electrons. The number of hydrogen-bond donors (Lipinski definition) is 1. The standard InChI is InChI=1S/C24H32N2O5/c1-6-22(24(28)25-7-2)26(15-18-10-8-9-17(3)11-18)23(27)16-31-21-13-19(29-4)12-20(14-21)30-5/h8-14,22H,6-7,15-16H2,1-5H3,(H,25,28). The fourth-order valence-electron chi connectivity index (χ4n) is 3.31. The van der Waals surface area contributed by atoms with Crippen LogP contribution in [0.5, 0.6) is 17.2 Å². The van der Waals surface area contributed by atoms with Crippen LogP contribution in [0.3, 0.4) is 0 Å². The van der Waals surface area contributed by atoms with Crippen LogP contribution in [0.1, 0.15) is 31.4 Å². The van der Waals surface area contributed by atoms with Gasteiger partial charge in [0, 0.05) is 31.3 Å². The first-order chi connectivity index (χ1) is 14.9. The number of hydrogen-bond acceptors (Lipinski definition) is 5. The molecule has 2 amide bonds. The summed E-state index contributed by atoms with van der Waals surface area (Å²) >= 11 is 0. The number of amides is 2. The maximum Gasteiger partial charge on any atom is 0.261 e. The van der Waals surface area contributed by atoms with Crippen LogP contribution in [0, 0.1) is 6.92 Å². The van der Waals surface area contributed by atoms with E-state index in [1.165, 1.54) is 0 Å². The molecule has 7 heteroatoms. The summed E-state index contributed by atoms with van der Waals surface area (Å²) in [6, 6.07) is 12.4. The number of carbonyl (C=O) groups excluding carboxylic acids is 2. The van der Waals surface area contributed by atoms with Crippen LogP contribution in [0.2, 0.25) is 0 Å². The Labute approximate surface area is 184 Å². The van der Waals surface area contributed by atoms with Crippen LogP contribution in [0.4, 0.5) is 0 Å². The first-order valence-corrected chi connectivity index (χ1v) is 10.4. The van der Waals surface area contributed by atoms with Gasteiger partial charge < -0.3 is 24.4 Å². The van der Waals surface area contributed by atoms with Crippen molar-refractivity contribution < 1.29 is 23.8 Å². The molecule has 0 aliphatic rings. The summed E-state index contributed by atoms with van der Waals surface area (Å²) < 4.78 is 16.2. The number of nitrogens with zero attached hydrogens (tertiary/aromatic N) is 1. The molecule has 0 radical (unpaired) electrons. The van der Waals surface area contributed by atoms with Gasteiger partial charge in [0.15, 0.2) is 6.61 Å². The van der Waals surface area contributed by atoms with Gasteiger partial charge in [0.2, 0.25) is 5.91 Å². The first-order valence-electron chi connectivity index (χ1n) is 10.4. The normalized spacial score (nSPS) is 11.4. The molecule has 0 heterocycles. The Morgan fingerprint density at radius 2 is 1.65 bits per heavy atom. The topological polar surface area (TPSA) is 77.1 Å². The van der Waals surface area contributed by atoms with Crippen molar-refractivity contribution in [3.8, 4) is 17.2 Å². The molecule has 1 N–H and O–H groups in total. The minimum atomic E-state index is -0.587. The third kappa shape index (κ3) is 6.91. The summed E-state index contributed by atoms with van der Waals surface area (Å²) in [5.74, 6) is 1.13. The van der Waals surface area contributed by atoms with Gasteiger partial charge in [0.25, 0.3) is 5.91 Å². The lowest BCUT2D eigenvalue weighted by Crippen LogP contribution is -2.50. The molecule has 2 aromatic carbocycles. The highest BCUT2D eigenvalue weighted by molar-refractivity contribution is 5.88. The molecule has 2 aromatic rings. The first kappa shape index (κ1) is 24.1. The summed E-state index contributed by atoms with van der Waals surface area (Å²) in [5, 5.41) is 2.83. The highest BCUT2D eigenvalue weighted by Crippen LogP contribution is 2.27. The van der Waals surface area contributed by atoms with E-state index >= 15 is 0 Å². The third-order valence-electron chi connectivity index (χ3n) is 4.86. The van der Waals surface area contributed by atoms with E-state index < -0.39 is 6.04 Å². The maximum absolute atomic E-state index is 13.2. The largest absolute Gasteiger partial charge is 0.496 e. The molecule has 0 aliphatic heterocycles. The fraction of sp³-hybridized carbons (Fsp3) is 0.417. The Balaban J connectivity index is 2.23. The van der Waals surface area contributed by atoms with Gasteiger partial charge >= 0.3 is 0 Å². The van der Waals surface area contributed by atoms with E-state index in [4.69, 9.17) is 14.2 Å². The average Bonchev–Trinajstić information content (AvgIpc) is 2.77. The SMILES string of the molecule is CCNC(=O)C(CC)N(Cc1cccc(C)c1)C(=O)COc1cc(OC)cc(OC)c1. The van der Waals surface area contributed by atoms with E-state index in [2.05, 4.69) is 5.32 Å². The summed E-state index contributed by atoms with van der Waals surface area (Å²) in [7, 11) is 3.09. The Kier molecular flexibility index (Phi) is 9.18. The van der Waals surface area contributed by atoms with Crippen LogP contribution in [-0.4, -0.2) is 50.1 Å². The molecule has 0 bridgehead atoms. The molecule has 0 saturated heterocycles. The van der Waals surface area contributed by atoms with Crippen LogP contribution in [0.25, 0.3) is 0 Å². The predicted octanol–water partition coefficient (Wildman–Crippen LogP) is 3.33. The highest BCUT2D eigenvalue weighted by Gasteiger charge is 2.28. The van der Waals surface area contributed by atoms with Crippen molar-refractivity contribution in [2.75, 3.05) is 27.4 Å². The summed E-state index contributed by atoms with van der Waals surface area (Å²) in [5.41, 5.74) is 2.05. The number of aryl methyl sites for hydroxylation is 1. The lowest BCUT2D eigenvalue weighted by atomic mass is 10.1. The molecule has 0 fully saturated rings. The fourth-order valence-corrected chi connectivity index (χ4v) is 3.31. The molecule has 31 heavy (non-hydrogen) atoms. The molecule has 0 spiro atoms. The van der Waals surface area contributed by atoms with Crippen LogP contribution < -0.4 is 19.5 Å². The lowest BCUT2D eigenvalue weighted by molar-refractivity contribution is -0.142. The zero-order chi connectivity index (χ0) is 22.8. The van der Waals surface area contributed by atoms with Crippen molar-refractivity contribution >= 4 is 11.8 Å². The van der Waals surface area contributed by atoms with Crippen LogP contribution >= 0.6 is 0 Å². The van der Waals surface area contributed by atoms with Crippen molar-refractivity contribution in [3.05, 3.63) is 53.6 Å². The number of carbonyl (C=O) groups is 2. The minimum absolute atomic E-state index is 0.172. The monoisotopic (exact) mass is 428 g/mol. The number of methoxy groups -OCH3 is 2. The molecule has 7 nitrogen and oxygen atoms in total. The van der Waals surface area contributed by atoms with Gasteiger partial charge in [-0.2, -0.15) is 0 Å². The second-order valence-corrected chi connectivity index (χ2v) is 7.17. The Morgan fingerprint density at radius 1 is 1.00 bits per heavy atom. The molecule has 1 atom stereocenters. The number of ether oxygens (including phenoxy) is 3. The molecule has 0 aliphatic carbocycles. The maximum atomic E-state index is 13.2. The van der Waals surface area contributed by atoms with Gasteiger partial charge in [0.05, 0.1) is 14.2 Å². The number of rotatable bonds is 11. The van der Waals surface area contributed by atoms with Crippen LogP contribution in [-0.2, 0) is 16.1 Å². The van der Waals surface area contributed by atoms with Crippen molar-refractivity contribution in [3.63, 3.8) is 0 Å². The molecule has 0 aromatic heterocycles. The molecule has 0 saturated carbocycles. The summed E-state index contributed by atoms with van der Waals surface area (Å²) in [6.45, 7) is 6.36. The molecule has 1 unspecified atom stereocenters. The van der Waals surface area contributed by atoms with E-state index in [1.807, 2.05) is 45.0 Å². The molecular formula is C24H32N2O5. The van der Waals surface area contributed by atoms with E-state index in [-0.39, 0.29) is 18.4 Å². The van der Waals surface area contributed by atoms with Gasteiger partial charge in [-0.15, -0.1) is 0 Å². The summed E-state index contributed by atoms with van der Waals surface area (Å²) in [4.78, 5) is 27.4. The Morgan fingerprint density at radius 3 is 2.19 bits per heavy atom. The van der Waals surface area contributed by atoms with E-state index in [0.29, 0.717) is 36.8 Å². The van der Waals surface area contributed by atoms with Gasteiger partial charge in [0.1, 0.15) is 23.3 Å². The second-order valence-electron chi connectivity index (χ2n) is 7.17. The lowest BCUT2D eigenvalue weighted by Gasteiger charge is -2.30. The summed E-state index contributed by atoms with van der Waals surface area (Å²) in [6.07, 6.45) is 0.496. The average molecular weight is 429 g/mol. The predicted molar refractivity (Wildman–Crippen MR) is 120 cm³/mol.